The Bertz CT molecular complexity index is 513. The molecule has 0 amide bonds. The highest BCUT2D eigenvalue weighted by molar-refractivity contribution is 5.87. The van der Waals surface area contributed by atoms with Gasteiger partial charge in [0.25, 0.3) is 5.56 Å². The molecule has 2 N–H and O–H groups in total. The molecule has 1 aromatic heterocycles. The largest absolute Gasteiger partial charge is 0.477 e. The summed E-state index contributed by atoms with van der Waals surface area (Å²) >= 11 is 0. The van der Waals surface area contributed by atoms with Crippen molar-refractivity contribution in [2.75, 3.05) is 0 Å². The number of aromatic nitrogens is 1. The second-order valence-corrected chi connectivity index (χ2v) is 5.13. The summed E-state index contributed by atoms with van der Waals surface area (Å²) in [5.41, 5.74) is 1.11. The molecule has 4 nitrogen and oxygen atoms in total. The first-order chi connectivity index (χ1) is 7.33. The predicted octanol–water partition coefficient (Wildman–Crippen LogP) is 1.86. The van der Waals surface area contributed by atoms with E-state index in [-0.39, 0.29) is 16.9 Å². The van der Waals surface area contributed by atoms with Crippen LogP contribution < -0.4 is 5.56 Å². The number of aromatic amines is 1. The summed E-state index contributed by atoms with van der Waals surface area (Å²) < 4.78 is 0. The number of fused-ring (bicyclic) bond motifs is 1. The van der Waals surface area contributed by atoms with Crippen molar-refractivity contribution in [2.24, 2.45) is 0 Å². The Morgan fingerprint density at radius 1 is 1.56 bits per heavy atom. The molecule has 0 aliphatic heterocycles. The van der Waals surface area contributed by atoms with E-state index in [1.54, 1.807) is 0 Å². The molecule has 0 bridgehead atoms. The lowest BCUT2D eigenvalue weighted by molar-refractivity contribution is 0.0694. The van der Waals surface area contributed by atoms with Crippen LogP contribution in [0.1, 0.15) is 54.7 Å². The quantitative estimate of drug-likeness (QED) is 0.760. The fourth-order valence-electron chi connectivity index (χ4n) is 2.63. The van der Waals surface area contributed by atoms with Crippen LogP contribution in [0.15, 0.2) is 10.9 Å². The monoisotopic (exact) mass is 221 g/mol. The van der Waals surface area contributed by atoms with E-state index in [1.165, 1.54) is 6.07 Å². The zero-order chi connectivity index (χ0) is 12.1. The van der Waals surface area contributed by atoms with Gasteiger partial charge < -0.3 is 10.1 Å². The number of nitrogens with one attached hydrogen (secondary N) is 1. The molecule has 16 heavy (non-hydrogen) atoms. The van der Waals surface area contributed by atoms with Crippen molar-refractivity contribution in [3.63, 3.8) is 0 Å². The molecule has 0 saturated carbocycles. The Morgan fingerprint density at radius 2 is 2.19 bits per heavy atom. The van der Waals surface area contributed by atoms with Crippen LogP contribution in [-0.4, -0.2) is 16.1 Å². The third-order valence-electron chi connectivity index (χ3n) is 3.34. The molecular weight excluding hydrogens is 206 g/mol. The number of H-pyrrole nitrogens is 1. The van der Waals surface area contributed by atoms with Crippen LogP contribution >= 0.6 is 0 Å². The van der Waals surface area contributed by atoms with Crippen molar-refractivity contribution in [1.29, 1.82) is 0 Å². The predicted molar refractivity (Wildman–Crippen MR) is 60.1 cm³/mol. The first-order valence-corrected chi connectivity index (χ1v) is 5.34. The molecule has 2 rings (SSSR count). The zero-order valence-electron chi connectivity index (χ0n) is 9.63. The van der Waals surface area contributed by atoms with E-state index in [0.717, 1.165) is 17.7 Å². The Kier molecular flexibility index (Phi) is 2.19. The van der Waals surface area contributed by atoms with Crippen LogP contribution in [0.3, 0.4) is 0 Å². The normalized spacial score (nSPS) is 21.8. The number of aromatic carboxylic acids is 1. The lowest BCUT2D eigenvalue weighted by atomic mass is 9.86. The summed E-state index contributed by atoms with van der Waals surface area (Å²) in [5.74, 6) is -0.889. The van der Waals surface area contributed by atoms with E-state index in [1.807, 2.05) is 6.92 Å². The van der Waals surface area contributed by atoms with Gasteiger partial charge in [0.2, 0.25) is 0 Å². The van der Waals surface area contributed by atoms with Gasteiger partial charge in [-0.15, -0.1) is 0 Å². The van der Waals surface area contributed by atoms with E-state index in [9.17, 15) is 9.59 Å². The van der Waals surface area contributed by atoms with Gasteiger partial charge in [-0.05, 0) is 29.4 Å². The van der Waals surface area contributed by atoms with Crippen molar-refractivity contribution in [3.05, 3.63) is 33.2 Å². The second kappa shape index (κ2) is 3.20. The number of carboxylic acid groups (broad SMARTS) is 1. The number of carbonyl (C=O) groups is 1. The molecule has 1 heterocycles. The number of pyridine rings is 1. The number of rotatable bonds is 1. The molecule has 1 aliphatic carbocycles. The van der Waals surface area contributed by atoms with Crippen molar-refractivity contribution >= 4 is 5.97 Å². The molecule has 0 spiro atoms. The van der Waals surface area contributed by atoms with Gasteiger partial charge in [-0.2, -0.15) is 0 Å². The summed E-state index contributed by atoms with van der Waals surface area (Å²) in [6.07, 6.45) is 0.932. The van der Waals surface area contributed by atoms with E-state index in [2.05, 4.69) is 18.8 Å². The van der Waals surface area contributed by atoms with Gasteiger partial charge in [0, 0.05) is 5.69 Å². The van der Waals surface area contributed by atoms with Crippen LogP contribution in [0.5, 0.6) is 0 Å². The van der Waals surface area contributed by atoms with Gasteiger partial charge in [0.05, 0.1) is 0 Å². The summed E-state index contributed by atoms with van der Waals surface area (Å²) in [5, 5.41) is 8.91. The van der Waals surface area contributed by atoms with Crippen molar-refractivity contribution in [3.8, 4) is 0 Å². The molecule has 1 unspecified atom stereocenters. The fourth-order valence-corrected chi connectivity index (χ4v) is 2.63. The Morgan fingerprint density at radius 3 is 2.75 bits per heavy atom. The maximum absolute atomic E-state index is 11.5. The van der Waals surface area contributed by atoms with E-state index in [0.29, 0.717) is 0 Å². The Labute approximate surface area is 93.3 Å². The standard InChI is InChI=1S/C12H15NO3/c1-6-5-12(2,3)8-4-7(11(15)16)10(14)13-9(6)8/h4,6H,5H2,1-3H3,(H,13,14)(H,15,16). The van der Waals surface area contributed by atoms with Gasteiger partial charge >= 0.3 is 5.97 Å². The Balaban J connectivity index is 2.71. The molecule has 0 aromatic carbocycles. The highest BCUT2D eigenvalue weighted by atomic mass is 16.4. The first kappa shape index (κ1) is 10.9. The lowest BCUT2D eigenvalue weighted by Crippen LogP contribution is -2.21. The zero-order valence-corrected chi connectivity index (χ0v) is 9.63. The summed E-state index contributed by atoms with van der Waals surface area (Å²) in [7, 11) is 0. The molecule has 4 heteroatoms. The van der Waals surface area contributed by atoms with Gasteiger partial charge in [0.1, 0.15) is 5.56 Å². The van der Waals surface area contributed by atoms with E-state index >= 15 is 0 Å². The lowest BCUT2D eigenvalue weighted by Gasteiger charge is -2.18. The average Bonchev–Trinajstić information content (AvgIpc) is 2.35. The smallest absolute Gasteiger partial charge is 0.341 e. The van der Waals surface area contributed by atoms with Crippen LogP contribution in [0.4, 0.5) is 0 Å². The molecule has 86 valence electrons. The second-order valence-electron chi connectivity index (χ2n) is 5.13. The average molecular weight is 221 g/mol. The summed E-state index contributed by atoms with van der Waals surface area (Å²) in [6.45, 7) is 6.18. The summed E-state index contributed by atoms with van der Waals surface area (Å²) in [6, 6.07) is 1.53. The van der Waals surface area contributed by atoms with Crippen LogP contribution in [0.25, 0.3) is 0 Å². The molecule has 0 saturated heterocycles. The van der Waals surface area contributed by atoms with Crippen LogP contribution in [-0.2, 0) is 5.41 Å². The third-order valence-corrected chi connectivity index (χ3v) is 3.34. The number of hydrogen-bond donors (Lipinski definition) is 2. The third kappa shape index (κ3) is 1.45. The maximum atomic E-state index is 11.5. The molecule has 1 aliphatic rings. The minimum absolute atomic E-state index is 0.0663. The maximum Gasteiger partial charge on any atom is 0.341 e. The minimum Gasteiger partial charge on any atom is -0.477 e. The van der Waals surface area contributed by atoms with Gasteiger partial charge in [-0.1, -0.05) is 20.8 Å². The molecule has 1 aromatic rings. The molecular formula is C12H15NO3. The molecule has 0 radical (unpaired) electrons. The van der Waals surface area contributed by atoms with Crippen molar-refractivity contribution < 1.29 is 9.90 Å². The van der Waals surface area contributed by atoms with E-state index in [4.69, 9.17) is 5.11 Å². The van der Waals surface area contributed by atoms with E-state index < -0.39 is 11.5 Å². The highest BCUT2D eigenvalue weighted by Crippen LogP contribution is 2.44. The highest BCUT2D eigenvalue weighted by Gasteiger charge is 2.36. The molecule has 0 fully saturated rings. The van der Waals surface area contributed by atoms with Crippen molar-refractivity contribution in [1.82, 2.24) is 4.98 Å². The van der Waals surface area contributed by atoms with Gasteiger partial charge in [0.15, 0.2) is 0 Å². The number of hydrogen-bond acceptors (Lipinski definition) is 2. The van der Waals surface area contributed by atoms with Crippen molar-refractivity contribution in [2.45, 2.75) is 38.5 Å². The SMILES string of the molecule is CC1CC(C)(C)c2cc(C(=O)O)c(=O)[nH]c21. The fraction of sp³-hybridized carbons (Fsp3) is 0.500. The summed E-state index contributed by atoms with van der Waals surface area (Å²) in [4.78, 5) is 25.1. The van der Waals surface area contributed by atoms with Gasteiger partial charge in [-0.25, -0.2) is 4.79 Å². The minimum atomic E-state index is -1.17. The molecule has 1 atom stereocenters. The van der Waals surface area contributed by atoms with Crippen LogP contribution in [0.2, 0.25) is 0 Å². The van der Waals surface area contributed by atoms with Gasteiger partial charge in [-0.3, -0.25) is 4.79 Å². The number of carboxylic acids is 1. The first-order valence-electron chi connectivity index (χ1n) is 5.34. The Hall–Kier alpha value is -1.58. The van der Waals surface area contributed by atoms with Crippen LogP contribution in [0, 0.1) is 0 Å². The topological polar surface area (TPSA) is 70.2 Å².